The van der Waals surface area contributed by atoms with E-state index in [-0.39, 0.29) is 30.0 Å². The van der Waals surface area contributed by atoms with Crippen LogP contribution in [0, 0.1) is 10.1 Å². The maximum absolute atomic E-state index is 12.6. The zero-order chi connectivity index (χ0) is 24.1. The molecule has 0 aliphatic rings. The molecule has 0 aliphatic carbocycles. The predicted octanol–water partition coefficient (Wildman–Crippen LogP) is 4.10. The number of non-ortho nitro benzene ring substituents is 1. The van der Waals surface area contributed by atoms with E-state index in [9.17, 15) is 19.7 Å². The number of nitro benzene ring substituents is 1. The maximum Gasteiger partial charge on any atom is 0.338 e. The van der Waals surface area contributed by atoms with Crippen molar-refractivity contribution in [1.82, 2.24) is 14.9 Å². The van der Waals surface area contributed by atoms with Crippen LogP contribution >= 0.6 is 0 Å². The smallest absolute Gasteiger partial charge is 0.338 e. The molecule has 1 aromatic heterocycles. The van der Waals surface area contributed by atoms with Gasteiger partial charge in [0.05, 0.1) is 34.5 Å². The molecule has 172 valence electrons. The number of para-hydroxylation sites is 2. The minimum atomic E-state index is -0.721. The van der Waals surface area contributed by atoms with Gasteiger partial charge in [0, 0.05) is 30.8 Å². The molecule has 1 heterocycles. The fourth-order valence-electron chi connectivity index (χ4n) is 3.56. The van der Waals surface area contributed by atoms with Crippen LogP contribution < -0.4 is 5.32 Å². The number of rotatable bonds is 8. The Morgan fingerprint density at radius 1 is 1.03 bits per heavy atom. The van der Waals surface area contributed by atoms with Gasteiger partial charge < -0.3 is 14.6 Å². The van der Waals surface area contributed by atoms with Crippen molar-refractivity contribution in [3.8, 4) is 0 Å². The number of esters is 1. The highest BCUT2D eigenvalue weighted by atomic mass is 16.6. The number of fused-ring (bicyclic) bond motifs is 1. The van der Waals surface area contributed by atoms with Gasteiger partial charge in [-0.1, -0.05) is 36.4 Å². The standard InChI is InChI=1S/C25H22N4O5/c1-2-34-25(31)20-11-19(12-21(13-20)29(32)33)24(30)26-14-17-7-9-18(10-8-17)15-28-16-27-22-5-3-4-6-23(22)28/h3-13,16H,2,14-15H2,1H3,(H,26,30). The number of amides is 1. The monoisotopic (exact) mass is 458 g/mol. The number of imidazole rings is 1. The summed E-state index contributed by atoms with van der Waals surface area (Å²) in [5, 5.41) is 14.0. The number of hydrogen-bond acceptors (Lipinski definition) is 6. The van der Waals surface area contributed by atoms with E-state index in [1.165, 1.54) is 6.07 Å². The Balaban J connectivity index is 1.42. The van der Waals surface area contributed by atoms with Gasteiger partial charge in [0.2, 0.25) is 0 Å². The summed E-state index contributed by atoms with van der Waals surface area (Å²) in [5.41, 5.74) is 3.55. The predicted molar refractivity (Wildman–Crippen MR) is 126 cm³/mol. The van der Waals surface area contributed by atoms with Crippen LogP contribution in [0.1, 0.15) is 38.8 Å². The average Bonchev–Trinajstić information content (AvgIpc) is 3.26. The summed E-state index contributed by atoms with van der Waals surface area (Å²) in [6.07, 6.45) is 1.81. The number of nitrogens with zero attached hydrogens (tertiary/aromatic N) is 3. The molecular weight excluding hydrogens is 436 g/mol. The molecule has 0 atom stereocenters. The topological polar surface area (TPSA) is 116 Å². The van der Waals surface area contributed by atoms with E-state index in [4.69, 9.17) is 4.74 Å². The first kappa shape index (κ1) is 22.7. The van der Waals surface area contributed by atoms with Crippen LogP contribution in [0.2, 0.25) is 0 Å². The highest BCUT2D eigenvalue weighted by Gasteiger charge is 2.18. The number of nitrogens with one attached hydrogen (secondary N) is 1. The lowest BCUT2D eigenvalue weighted by Gasteiger charge is -2.09. The molecule has 0 saturated heterocycles. The van der Waals surface area contributed by atoms with Gasteiger partial charge in [-0.05, 0) is 36.2 Å². The largest absolute Gasteiger partial charge is 0.462 e. The van der Waals surface area contributed by atoms with Crippen molar-refractivity contribution < 1.29 is 19.2 Å². The summed E-state index contributed by atoms with van der Waals surface area (Å²) in [4.78, 5) is 39.6. The Labute approximate surface area is 195 Å². The minimum Gasteiger partial charge on any atom is -0.462 e. The first-order valence-electron chi connectivity index (χ1n) is 10.7. The van der Waals surface area contributed by atoms with Crippen molar-refractivity contribution in [2.24, 2.45) is 0 Å². The van der Waals surface area contributed by atoms with Gasteiger partial charge in [-0.3, -0.25) is 14.9 Å². The average molecular weight is 458 g/mol. The summed E-state index contributed by atoms with van der Waals surface area (Å²) >= 11 is 0. The molecule has 0 aliphatic heterocycles. The third-order valence-electron chi connectivity index (χ3n) is 5.26. The second-order valence-electron chi connectivity index (χ2n) is 7.61. The number of aromatic nitrogens is 2. The molecule has 3 aromatic carbocycles. The third-order valence-corrected chi connectivity index (χ3v) is 5.26. The van der Waals surface area contributed by atoms with E-state index < -0.39 is 16.8 Å². The first-order valence-corrected chi connectivity index (χ1v) is 10.7. The second kappa shape index (κ2) is 9.95. The molecule has 4 aromatic rings. The first-order chi connectivity index (χ1) is 16.4. The molecule has 0 unspecified atom stereocenters. The molecule has 0 radical (unpaired) electrons. The highest BCUT2D eigenvalue weighted by molar-refractivity contribution is 5.99. The van der Waals surface area contributed by atoms with Crippen molar-refractivity contribution in [2.75, 3.05) is 6.61 Å². The van der Waals surface area contributed by atoms with Gasteiger partial charge >= 0.3 is 5.97 Å². The zero-order valence-corrected chi connectivity index (χ0v) is 18.4. The lowest BCUT2D eigenvalue weighted by molar-refractivity contribution is -0.384. The number of ether oxygens (including phenoxy) is 1. The summed E-state index contributed by atoms with van der Waals surface area (Å²) in [6.45, 7) is 2.64. The van der Waals surface area contributed by atoms with Crippen molar-refractivity contribution in [3.05, 3.63) is 105 Å². The Kier molecular flexibility index (Phi) is 6.63. The molecule has 0 spiro atoms. The van der Waals surface area contributed by atoms with Crippen LogP contribution in [0.3, 0.4) is 0 Å². The van der Waals surface area contributed by atoms with Crippen molar-refractivity contribution in [2.45, 2.75) is 20.0 Å². The van der Waals surface area contributed by atoms with Gasteiger partial charge in [0.1, 0.15) is 0 Å². The van der Waals surface area contributed by atoms with E-state index in [2.05, 4.69) is 14.9 Å². The number of nitro groups is 1. The highest BCUT2D eigenvalue weighted by Crippen LogP contribution is 2.19. The SMILES string of the molecule is CCOC(=O)c1cc(C(=O)NCc2ccc(Cn3cnc4ccccc43)cc2)cc([N+](=O)[O-])c1. The van der Waals surface area contributed by atoms with Crippen molar-refractivity contribution >= 4 is 28.6 Å². The van der Waals surface area contributed by atoms with E-state index in [1.807, 2.05) is 54.9 Å². The molecule has 0 saturated carbocycles. The Morgan fingerprint density at radius 2 is 1.74 bits per heavy atom. The lowest BCUT2D eigenvalue weighted by Crippen LogP contribution is -2.23. The Hall–Kier alpha value is -4.53. The lowest BCUT2D eigenvalue weighted by atomic mass is 10.1. The molecule has 1 N–H and O–H groups in total. The number of carbonyl (C=O) groups excluding carboxylic acids is 2. The summed E-state index contributed by atoms with van der Waals surface area (Å²) in [6, 6.07) is 19.2. The number of carbonyl (C=O) groups is 2. The van der Waals surface area contributed by atoms with Crippen molar-refractivity contribution in [3.63, 3.8) is 0 Å². The number of benzene rings is 3. The summed E-state index contributed by atoms with van der Waals surface area (Å²) < 4.78 is 6.97. The van der Waals surface area contributed by atoms with E-state index in [0.717, 1.165) is 34.3 Å². The van der Waals surface area contributed by atoms with Crippen molar-refractivity contribution in [1.29, 1.82) is 0 Å². The molecule has 34 heavy (non-hydrogen) atoms. The van der Waals surface area contributed by atoms with Crippen LogP contribution in [-0.2, 0) is 17.8 Å². The van der Waals surface area contributed by atoms with E-state index in [1.54, 1.807) is 6.92 Å². The normalized spacial score (nSPS) is 10.7. The second-order valence-corrected chi connectivity index (χ2v) is 7.61. The quantitative estimate of drug-likeness (QED) is 0.241. The van der Waals surface area contributed by atoms with Crippen LogP contribution in [0.4, 0.5) is 5.69 Å². The molecular formula is C25H22N4O5. The van der Waals surface area contributed by atoms with E-state index >= 15 is 0 Å². The van der Waals surface area contributed by atoms with Gasteiger partial charge in [0.25, 0.3) is 11.6 Å². The van der Waals surface area contributed by atoms with Crippen LogP contribution in [-0.4, -0.2) is 33.0 Å². The van der Waals surface area contributed by atoms with Gasteiger partial charge in [-0.25, -0.2) is 9.78 Å². The fraction of sp³-hybridized carbons (Fsp3) is 0.160. The van der Waals surface area contributed by atoms with Crippen LogP contribution in [0.5, 0.6) is 0 Å². The minimum absolute atomic E-state index is 0.0147. The maximum atomic E-state index is 12.6. The van der Waals surface area contributed by atoms with E-state index in [0.29, 0.717) is 6.54 Å². The van der Waals surface area contributed by atoms with Gasteiger partial charge in [-0.15, -0.1) is 0 Å². The van der Waals surface area contributed by atoms with Crippen LogP contribution in [0.25, 0.3) is 11.0 Å². The molecule has 0 fully saturated rings. The van der Waals surface area contributed by atoms with Crippen LogP contribution in [0.15, 0.2) is 73.1 Å². The summed E-state index contributed by atoms with van der Waals surface area (Å²) in [5.74, 6) is -1.25. The molecule has 9 heteroatoms. The van der Waals surface area contributed by atoms with Gasteiger partial charge in [0.15, 0.2) is 0 Å². The molecule has 4 rings (SSSR count). The molecule has 0 bridgehead atoms. The Morgan fingerprint density at radius 3 is 2.47 bits per heavy atom. The Bertz CT molecular complexity index is 1360. The fourth-order valence-corrected chi connectivity index (χ4v) is 3.56. The summed E-state index contributed by atoms with van der Waals surface area (Å²) in [7, 11) is 0. The number of hydrogen-bond donors (Lipinski definition) is 1. The molecule has 9 nitrogen and oxygen atoms in total. The zero-order valence-electron chi connectivity index (χ0n) is 18.4. The van der Waals surface area contributed by atoms with Gasteiger partial charge in [-0.2, -0.15) is 0 Å². The third kappa shape index (κ3) is 5.09. The molecule has 1 amide bonds.